The number of rotatable bonds is 3. The molecule has 2 aromatic carbocycles. The Morgan fingerprint density at radius 1 is 1.11 bits per heavy atom. The summed E-state index contributed by atoms with van der Waals surface area (Å²) < 4.78 is 32.4. The number of benzene rings is 2. The van der Waals surface area contributed by atoms with Gasteiger partial charge in [0.15, 0.2) is 0 Å². The number of nitriles is 1. The number of nitrogens with zero attached hydrogens (tertiary/aromatic N) is 1. The molecule has 0 fully saturated rings. The molecule has 96 valence electrons. The van der Waals surface area contributed by atoms with E-state index < -0.39 is 11.6 Å². The van der Waals surface area contributed by atoms with Crippen molar-refractivity contribution in [3.05, 3.63) is 53.6 Å². The van der Waals surface area contributed by atoms with Crippen LogP contribution in [-0.4, -0.2) is 7.11 Å². The maximum atomic E-state index is 13.7. The summed E-state index contributed by atoms with van der Waals surface area (Å²) in [6, 6.07) is 10.6. The molecule has 0 heterocycles. The van der Waals surface area contributed by atoms with Crippen LogP contribution in [0.25, 0.3) is 0 Å². The summed E-state index contributed by atoms with van der Waals surface area (Å²) in [5, 5.41) is 8.62. The van der Waals surface area contributed by atoms with Crippen molar-refractivity contribution >= 4 is 11.8 Å². The molecule has 0 aliphatic carbocycles. The molecule has 5 heteroatoms. The Kier molecular flexibility index (Phi) is 4.03. The van der Waals surface area contributed by atoms with Crippen molar-refractivity contribution in [3.63, 3.8) is 0 Å². The van der Waals surface area contributed by atoms with Crippen LogP contribution < -0.4 is 4.74 Å². The number of halogens is 2. The molecule has 0 atom stereocenters. The van der Waals surface area contributed by atoms with Crippen LogP contribution in [0, 0.1) is 23.0 Å². The zero-order chi connectivity index (χ0) is 13.8. The Morgan fingerprint density at radius 2 is 1.68 bits per heavy atom. The zero-order valence-corrected chi connectivity index (χ0v) is 10.8. The van der Waals surface area contributed by atoms with Crippen molar-refractivity contribution in [1.29, 1.82) is 5.26 Å². The van der Waals surface area contributed by atoms with Crippen molar-refractivity contribution in [1.82, 2.24) is 0 Å². The molecule has 19 heavy (non-hydrogen) atoms. The van der Waals surface area contributed by atoms with Gasteiger partial charge in [0.25, 0.3) is 0 Å². The third-order valence-electron chi connectivity index (χ3n) is 2.41. The van der Waals surface area contributed by atoms with E-state index >= 15 is 0 Å². The fourth-order valence-electron chi connectivity index (χ4n) is 1.48. The molecule has 0 aromatic heterocycles. The first-order valence-corrected chi connectivity index (χ1v) is 6.16. The third-order valence-corrected chi connectivity index (χ3v) is 3.51. The van der Waals surface area contributed by atoms with E-state index in [0.29, 0.717) is 10.6 Å². The first-order chi connectivity index (χ1) is 9.13. The van der Waals surface area contributed by atoms with Crippen molar-refractivity contribution in [2.75, 3.05) is 7.11 Å². The highest BCUT2D eigenvalue weighted by Crippen LogP contribution is 2.33. The monoisotopic (exact) mass is 277 g/mol. The molecule has 0 aliphatic rings. The van der Waals surface area contributed by atoms with E-state index in [0.717, 1.165) is 23.9 Å². The first-order valence-electron chi connectivity index (χ1n) is 5.35. The molecular formula is C14H9F2NOS. The van der Waals surface area contributed by atoms with Crippen LogP contribution in [-0.2, 0) is 0 Å². The molecule has 0 aliphatic heterocycles. The Morgan fingerprint density at radius 3 is 2.16 bits per heavy atom. The minimum absolute atomic E-state index is 0.0333. The Labute approximate surface area is 113 Å². The molecule has 2 rings (SSSR count). The van der Waals surface area contributed by atoms with E-state index in [1.807, 2.05) is 0 Å². The van der Waals surface area contributed by atoms with Crippen LogP contribution in [0.2, 0.25) is 0 Å². The first kappa shape index (κ1) is 13.4. The summed E-state index contributed by atoms with van der Waals surface area (Å²) in [4.78, 5) is 0.562. The highest BCUT2D eigenvalue weighted by Gasteiger charge is 2.12. The van der Waals surface area contributed by atoms with Gasteiger partial charge in [-0.25, -0.2) is 8.78 Å². The molecule has 0 radical (unpaired) electrons. The quantitative estimate of drug-likeness (QED) is 0.850. The lowest BCUT2D eigenvalue weighted by Gasteiger charge is -2.06. The van der Waals surface area contributed by atoms with Gasteiger partial charge in [-0.2, -0.15) is 5.26 Å². The number of ether oxygens (including phenoxy) is 1. The summed E-state index contributed by atoms with van der Waals surface area (Å²) in [7, 11) is 1.54. The van der Waals surface area contributed by atoms with Crippen LogP contribution >= 0.6 is 11.8 Å². The Balaban J connectivity index is 2.30. The minimum Gasteiger partial charge on any atom is -0.497 e. The largest absolute Gasteiger partial charge is 0.497 e. The van der Waals surface area contributed by atoms with E-state index in [1.54, 1.807) is 37.4 Å². The molecule has 0 N–H and O–H groups in total. The van der Waals surface area contributed by atoms with Gasteiger partial charge in [0, 0.05) is 4.90 Å². The van der Waals surface area contributed by atoms with Crippen LogP contribution in [0.5, 0.6) is 5.75 Å². The van der Waals surface area contributed by atoms with Gasteiger partial charge in [-0.3, -0.25) is 0 Å². The SMILES string of the molecule is COc1ccc(Sc2c(F)cc(C#N)cc2F)cc1. The van der Waals surface area contributed by atoms with Crippen molar-refractivity contribution < 1.29 is 13.5 Å². The number of hydrogen-bond donors (Lipinski definition) is 0. The van der Waals surface area contributed by atoms with Crippen LogP contribution in [0.1, 0.15) is 5.56 Å². The maximum Gasteiger partial charge on any atom is 0.141 e. The van der Waals surface area contributed by atoms with E-state index in [9.17, 15) is 8.78 Å². The highest BCUT2D eigenvalue weighted by molar-refractivity contribution is 7.99. The molecular weight excluding hydrogens is 268 g/mol. The second-order valence-electron chi connectivity index (χ2n) is 3.66. The van der Waals surface area contributed by atoms with Gasteiger partial charge in [0.1, 0.15) is 17.4 Å². The summed E-state index contributed by atoms with van der Waals surface area (Å²) in [6.07, 6.45) is 0. The molecule has 0 amide bonds. The molecule has 0 saturated carbocycles. The van der Waals surface area contributed by atoms with Gasteiger partial charge in [-0.05, 0) is 36.4 Å². The predicted molar refractivity (Wildman–Crippen MR) is 68.2 cm³/mol. The molecule has 0 spiro atoms. The average molecular weight is 277 g/mol. The summed E-state index contributed by atoms with van der Waals surface area (Å²) in [5.41, 5.74) is -0.0333. The van der Waals surface area contributed by atoms with Crippen molar-refractivity contribution in [2.45, 2.75) is 9.79 Å². The molecule has 2 aromatic rings. The van der Waals surface area contributed by atoms with Crippen LogP contribution in [0.3, 0.4) is 0 Å². The molecule has 0 unspecified atom stereocenters. The predicted octanol–water partition coefficient (Wildman–Crippen LogP) is 4.00. The van der Waals surface area contributed by atoms with Crippen LogP contribution in [0.4, 0.5) is 8.78 Å². The molecule has 0 bridgehead atoms. The average Bonchev–Trinajstić information content (AvgIpc) is 2.43. The maximum absolute atomic E-state index is 13.7. The lowest BCUT2D eigenvalue weighted by Crippen LogP contribution is -1.90. The van der Waals surface area contributed by atoms with Crippen molar-refractivity contribution in [2.24, 2.45) is 0 Å². The zero-order valence-electron chi connectivity index (χ0n) is 9.98. The van der Waals surface area contributed by atoms with Gasteiger partial charge >= 0.3 is 0 Å². The topological polar surface area (TPSA) is 33.0 Å². The van der Waals surface area contributed by atoms with Gasteiger partial charge in [0.05, 0.1) is 23.6 Å². The number of hydrogen-bond acceptors (Lipinski definition) is 3. The lowest BCUT2D eigenvalue weighted by molar-refractivity contribution is 0.414. The second kappa shape index (κ2) is 5.72. The Hall–Kier alpha value is -2.06. The van der Waals surface area contributed by atoms with E-state index in [2.05, 4.69) is 0 Å². The normalized spacial score (nSPS) is 10.0. The summed E-state index contributed by atoms with van der Waals surface area (Å²) in [6.45, 7) is 0. The third kappa shape index (κ3) is 3.04. The highest BCUT2D eigenvalue weighted by atomic mass is 32.2. The summed E-state index contributed by atoms with van der Waals surface area (Å²) >= 11 is 0.964. The van der Waals surface area contributed by atoms with Gasteiger partial charge in [0.2, 0.25) is 0 Å². The van der Waals surface area contributed by atoms with Gasteiger partial charge < -0.3 is 4.74 Å². The lowest BCUT2D eigenvalue weighted by atomic mass is 10.2. The van der Waals surface area contributed by atoms with Gasteiger partial charge in [-0.15, -0.1) is 0 Å². The standard InChI is InChI=1S/C14H9F2NOS/c1-18-10-2-4-11(5-3-10)19-14-12(15)6-9(8-17)7-13(14)16/h2-7H,1H3. The van der Waals surface area contributed by atoms with Gasteiger partial charge in [-0.1, -0.05) is 11.8 Å². The minimum atomic E-state index is -0.739. The molecule has 0 saturated heterocycles. The fourth-order valence-corrected chi connectivity index (χ4v) is 2.30. The number of methoxy groups -OCH3 is 1. The second-order valence-corrected chi connectivity index (χ2v) is 4.74. The van der Waals surface area contributed by atoms with E-state index in [-0.39, 0.29) is 10.5 Å². The van der Waals surface area contributed by atoms with E-state index in [1.165, 1.54) is 0 Å². The fraction of sp³-hybridized carbons (Fsp3) is 0.0714. The summed E-state index contributed by atoms with van der Waals surface area (Å²) in [5.74, 6) is -0.806. The smallest absolute Gasteiger partial charge is 0.141 e. The van der Waals surface area contributed by atoms with Crippen LogP contribution in [0.15, 0.2) is 46.2 Å². The molecule has 2 nitrogen and oxygen atoms in total. The van der Waals surface area contributed by atoms with Crippen molar-refractivity contribution in [3.8, 4) is 11.8 Å². The van der Waals surface area contributed by atoms with E-state index in [4.69, 9.17) is 10.00 Å². The Bertz CT molecular complexity index is 612.